The Kier molecular flexibility index (Phi) is 3.82. The predicted octanol–water partition coefficient (Wildman–Crippen LogP) is 2.12. The average Bonchev–Trinajstić information content (AvgIpc) is 2.74. The fourth-order valence-electron chi connectivity index (χ4n) is 3.29. The molecule has 0 aromatic rings. The zero-order chi connectivity index (χ0) is 14.3. The van der Waals surface area contributed by atoms with Crippen molar-refractivity contribution in [3.05, 3.63) is 0 Å². The van der Waals surface area contributed by atoms with Crippen LogP contribution in [0.2, 0.25) is 0 Å². The van der Waals surface area contributed by atoms with Gasteiger partial charge in [-0.2, -0.15) is 0 Å². The van der Waals surface area contributed by atoms with Crippen molar-refractivity contribution in [2.75, 3.05) is 12.9 Å². The van der Waals surface area contributed by atoms with E-state index in [1.54, 1.807) is 0 Å². The molecule has 110 valence electrons. The van der Waals surface area contributed by atoms with Crippen LogP contribution in [0.3, 0.4) is 0 Å². The van der Waals surface area contributed by atoms with Gasteiger partial charge in [0, 0.05) is 18.8 Å². The van der Waals surface area contributed by atoms with Crippen molar-refractivity contribution in [1.29, 1.82) is 0 Å². The minimum atomic E-state index is -3.38. The number of rotatable bonds is 3. The molecule has 0 bridgehead atoms. The van der Waals surface area contributed by atoms with E-state index in [2.05, 4.69) is 0 Å². The molecule has 1 aliphatic heterocycles. The van der Waals surface area contributed by atoms with Crippen LogP contribution in [-0.4, -0.2) is 37.4 Å². The van der Waals surface area contributed by atoms with Crippen LogP contribution in [0.15, 0.2) is 0 Å². The Morgan fingerprint density at radius 2 is 1.84 bits per heavy atom. The first-order valence-electron chi connectivity index (χ1n) is 7.06. The molecule has 2 aliphatic rings. The highest BCUT2D eigenvalue weighted by molar-refractivity contribution is 7.92. The van der Waals surface area contributed by atoms with Crippen LogP contribution in [0.4, 0.5) is 0 Å². The number of hydrogen-bond donors (Lipinski definition) is 0. The lowest BCUT2D eigenvalue weighted by Gasteiger charge is -2.39. The van der Waals surface area contributed by atoms with Crippen LogP contribution in [0.5, 0.6) is 0 Å². The van der Waals surface area contributed by atoms with E-state index in [1.165, 1.54) is 13.8 Å². The SMILES string of the molecule is CC(C)(C(=O)C1CCOC2(CCCC2)C1)S(C)(=O)=O. The summed E-state index contributed by atoms with van der Waals surface area (Å²) >= 11 is 0. The summed E-state index contributed by atoms with van der Waals surface area (Å²) in [7, 11) is -3.38. The van der Waals surface area contributed by atoms with Gasteiger partial charge in [-0.25, -0.2) is 8.42 Å². The third kappa shape index (κ3) is 2.72. The molecule has 4 nitrogen and oxygen atoms in total. The van der Waals surface area contributed by atoms with Gasteiger partial charge in [0.2, 0.25) is 0 Å². The largest absolute Gasteiger partial charge is 0.375 e. The van der Waals surface area contributed by atoms with Gasteiger partial charge in [0.05, 0.1) is 5.60 Å². The second-order valence-electron chi connectivity index (χ2n) is 6.58. The summed E-state index contributed by atoms with van der Waals surface area (Å²) in [6.45, 7) is 3.64. The Labute approximate surface area is 115 Å². The summed E-state index contributed by atoms with van der Waals surface area (Å²) < 4.78 is 28.2. The van der Waals surface area contributed by atoms with Crippen molar-refractivity contribution < 1.29 is 17.9 Å². The smallest absolute Gasteiger partial charge is 0.159 e. The van der Waals surface area contributed by atoms with Crippen LogP contribution in [0.25, 0.3) is 0 Å². The maximum absolute atomic E-state index is 12.6. The van der Waals surface area contributed by atoms with E-state index in [0.29, 0.717) is 19.4 Å². The van der Waals surface area contributed by atoms with Crippen molar-refractivity contribution in [2.45, 2.75) is 62.7 Å². The Morgan fingerprint density at radius 1 is 1.26 bits per heavy atom. The minimum absolute atomic E-state index is 0.135. The number of hydrogen-bond acceptors (Lipinski definition) is 4. The van der Waals surface area contributed by atoms with Gasteiger partial charge in [0.1, 0.15) is 4.75 Å². The van der Waals surface area contributed by atoms with Gasteiger partial charge in [0.15, 0.2) is 15.6 Å². The molecule has 1 heterocycles. The number of ether oxygens (including phenoxy) is 1. The highest BCUT2D eigenvalue weighted by Crippen LogP contribution is 2.43. The van der Waals surface area contributed by atoms with E-state index >= 15 is 0 Å². The topological polar surface area (TPSA) is 60.4 Å². The number of carbonyl (C=O) groups is 1. The van der Waals surface area contributed by atoms with Crippen LogP contribution < -0.4 is 0 Å². The average molecular weight is 288 g/mol. The van der Waals surface area contributed by atoms with Crippen LogP contribution in [-0.2, 0) is 19.4 Å². The number of ketones is 1. The van der Waals surface area contributed by atoms with Gasteiger partial charge < -0.3 is 4.74 Å². The molecule has 0 aromatic carbocycles. The molecule has 0 aromatic heterocycles. The van der Waals surface area contributed by atoms with Crippen molar-refractivity contribution in [3.8, 4) is 0 Å². The van der Waals surface area contributed by atoms with E-state index in [4.69, 9.17) is 4.74 Å². The molecule has 1 atom stereocenters. The fourth-order valence-corrected chi connectivity index (χ4v) is 3.83. The monoisotopic (exact) mass is 288 g/mol. The molecular weight excluding hydrogens is 264 g/mol. The van der Waals surface area contributed by atoms with E-state index in [1.807, 2.05) is 0 Å². The first-order valence-corrected chi connectivity index (χ1v) is 8.95. The maximum atomic E-state index is 12.6. The molecule has 5 heteroatoms. The van der Waals surface area contributed by atoms with Crippen molar-refractivity contribution in [1.82, 2.24) is 0 Å². The van der Waals surface area contributed by atoms with Gasteiger partial charge in [-0.05, 0) is 39.5 Å². The lowest BCUT2D eigenvalue weighted by Crippen LogP contribution is -2.48. The van der Waals surface area contributed by atoms with E-state index in [-0.39, 0.29) is 17.3 Å². The Hall–Kier alpha value is -0.420. The molecule has 1 unspecified atom stereocenters. The summed E-state index contributed by atoms with van der Waals surface area (Å²) in [5.74, 6) is -0.304. The number of carbonyl (C=O) groups excluding carboxylic acids is 1. The number of sulfone groups is 1. The summed E-state index contributed by atoms with van der Waals surface area (Å²) in [4.78, 5) is 12.6. The zero-order valence-electron chi connectivity index (χ0n) is 12.1. The number of Topliss-reactive ketones (excluding diaryl/α,β-unsaturated/α-hetero) is 1. The third-order valence-corrected chi connectivity index (χ3v) is 6.95. The van der Waals surface area contributed by atoms with Crippen molar-refractivity contribution >= 4 is 15.6 Å². The first-order chi connectivity index (χ1) is 8.68. The summed E-state index contributed by atoms with van der Waals surface area (Å²) in [6, 6.07) is 0. The lowest BCUT2D eigenvalue weighted by atomic mass is 9.79. The Bertz CT molecular complexity index is 458. The maximum Gasteiger partial charge on any atom is 0.159 e. The van der Waals surface area contributed by atoms with Gasteiger partial charge in [-0.15, -0.1) is 0 Å². The molecule has 1 saturated heterocycles. The van der Waals surface area contributed by atoms with Gasteiger partial charge in [0.25, 0.3) is 0 Å². The summed E-state index contributed by atoms with van der Waals surface area (Å²) in [5, 5.41) is 0. The first kappa shape index (κ1) is 15.0. The minimum Gasteiger partial charge on any atom is -0.375 e. The summed E-state index contributed by atoms with van der Waals surface area (Å²) in [6.07, 6.45) is 6.82. The fraction of sp³-hybridized carbons (Fsp3) is 0.929. The molecule has 0 amide bonds. The molecule has 1 aliphatic carbocycles. The molecule has 0 radical (unpaired) electrons. The molecule has 1 saturated carbocycles. The van der Waals surface area contributed by atoms with Crippen molar-refractivity contribution in [2.24, 2.45) is 5.92 Å². The second-order valence-corrected chi connectivity index (χ2v) is 9.14. The van der Waals surface area contributed by atoms with Gasteiger partial charge in [-0.3, -0.25) is 4.79 Å². The van der Waals surface area contributed by atoms with E-state index in [9.17, 15) is 13.2 Å². The predicted molar refractivity (Wildman–Crippen MR) is 73.8 cm³/mol. The molecule has 0 N–H and O–H groups in total. The lowest BCUT2D eigenvalue weighted by molar-refractivity contribution is -0.138. The summed E-state index contributed by atoms with van der Waals surface area (Å²) in [5.41, 5.74) is -0.147. The highest BCUT2D eigenvalue weighted by Gasteiger charge is 2.47. The second kappa shape index (κ2) is 4.85. The Morgan fingerprint density at radius 3 is 2.37 bits per heavy atom. The van der Waals surface area contributed by atoms with Gasteiger partial charge >= 0.3 is 0 Å². The van der Waals surface area contributed by atoms with Gasteiger partial charge in [-0.1, -0.05) is 12.8 Å². The molecular formula is C14H24O4S. The molecule has 19 heavy (non-hydrogen) atoms. The molecule has 1 spiro atoms. The van der Waals surface area contributed by atoms with Crippen LogP contribution in [0.1, 0.15) is 52.4 Å². The van der Waals surface area contributed by atoms with E-state index < -0.39 is 14.6 Å². The van der Waals surface area contributed by atoms with Crippen LogP contribution in [0, 0.1) is 5.92 Å². The molecule has 2 rings (SSSR count). The zero-order valence-corrected chi connectivity index (χ0v) is 12.9. The quantitative estimate of drug-likeness (QED) is 0.798. The standard InChI is InChI=1S/C14H24O4S/c1-13(2,19(3,16)17)12(15)11-6-9-18-14(10-11)7-4-5-8-14/h11H,4-10H2,1-3H3. The Balaban J connectivity index is 2.16. The normalized spacial score (nSPS) is 27.6. The van der Waals surface area contributed by atoms with Crippen molar-refractivity contribution in [3.63, 3.8) is 0 Å². The third-order valence-electron chi connectivity index (χ3n) is 4.90. The highest BCUT2D eigenvalue weighted by atomic mass is 32.2. The van der Waals surface area contributed by atoms with E-state index in [0.717, 1.165) is 31.9 Å². The van der Waals surface area contributed by atoms with Crippen LogP contribution >= 0.6 is 0 Å². The molecule has 2 fully saturated rings.